The Labute approximate surface area is 176 Å². The molecule has 30 heavy (non-hydrogen) atoms. The molecule has 0 aliphatic carbocycles. The van der Waals surface area contributed by atoms with E-state index in [1.54, 1.807) is 72.5 Å². The maximum absolute atomic E-state index is 13.2. The van der Waals surface area contributed by atoms with Crippen LogP contribution in [0.15, 0.2) is 49.1 Å². The van der Waals surface area contributed by atoms with Gasteiger partial charge in [0.25, 0.3) is 5.91 Å². The number of likely N-dealkylation sites (N-methyl/N-ethyl adjacent to an activating group) is 2. The molecule has 9 nitrogen and oxygen atoms in total. The zero-order chi connectivity index (χ0) is 21.7. The van der Waals surface area contributed by atoms with Crippen LogP contribution in [0.25, 0.3) is 5.82 Å². The number of amides is 1. The number of pyridine rings is 1. The van der Waals surface area contributed by atoms with Gasteiger partial charge in [-0.25, -0.2) is 19.6 Å². The molecule has 0 saturated heterocycles. The summed E-state index contributed by atoms with van der Waals surface area (Å²) in [4.78, 5) is 29.9. The topological polar surface area (TPSA) is 100 Å². The minimum Gasteiger partial charge on any atom is -0.384 e. The summed E-state index contributed by atoms with van der Waals surface area (Å²) in [5.74, 6) is 0.882. The molecule has 0 aromatic carbocycles. The number of aliphatic hydroxyl groups is 1. The van der Waals surface area contributed by atoms with E-state index in [0.717, 1.165) is 0 Å². The highest BCUT2D eigenvalue weighted by Gasteiger charge is 2.22. The first kappa shape index (κ1) is 21.4. The van der Waals surface area contributed by atoms with E-state index < -0.39 is 5.60 Å². The van der Waals surface area contributed by atoms with Crippen LogP contribution in [0, 0.1) is 0 Å². The second kappa shape index (κ2) is 9.00. The van der Waals surface area contributed by atoms with Gasteiger partial charge in [-0.3, -0.25) is 4.79 Å². The highest BCUT2D eigenvalue weighted by atomic mass is 16.3. The van der Waals surface area contributed by atoms with Crippen LogP contribution in [0.5, 0.6) is 0 Å². The molecule has 0 radical (unpaired) electrons. The van der Waals surface area contributed by atoms with Crippen molar-refractivity contribution in [3.05, 3.63) is 60.3 Å². The Morgan fingerprint density at radius 2 is 1.93 bits per heavy atom. The molecule has 0 fully saturated rings. The normalized spacial score (nSPS) is 11.4. The van der Waals surface area contributed by atoms with Crippen LogP contribution in [0.2, 0.25) is 0 Å². The monoisotopic (exact) mass is 409 g/mol. The summed E-state index contributed by atoms with van der Waals surface area (Å²) >= 11 is 0. The predicted octanol–water partition coefficient (Wildman–Crippen LogP) is 1.88. The lowest BCUT2D eigenvalue weighted by atomic mass is 10.1. The van der Waals surface area contributed by atoms with E-state index in [9.17, 15) is 9.90 Å². The molecule has 1 amide bonds. The van der Waals surface area contributed by atoms with Gasteiger partial charge in [-0.2, -0.15) is 5.10 Å². The standard InChI is InChI=1S/C21H27N7O2/c1-5-27(15-14-26(4)20-23-12-9-17(25-20)21(2,3)30)19(29)16-8-6-10-22-18(16)28-13-7-11-24-28/h6-13,30H,5,14-15H2,1-4H3. The SMILES string of the molecule is CCN(CCN(C)c1nccc(C(C)(C)O)n1)C(=O)c1cccnc1-n1cccn1. The van der Waals surface area contributed by atoms with Crippen LogP contribution in [-0.4, -0.2) is 67.3 Å². The molecule has 0 saturated carbocycles. The number of anilines is 1. The Bertz CT molecular complexity index is 983. The first-order valence-corrected chi connectivity index (χ1v) is 9.82. The maximum atomic E-state index is 13.2. The van der Waals surface area contributed by atoms with E-state index >= 15 is 0 Å². The lowest BCUT2D eigenvalue weighted by molar-refractivity contribution is 0.0738. The van der Waals surface area contributed by atoms with Gasteiger partial charge in [-0.05, 0) is 45.0 Å². The quantitative estimate of drug-likeness (QED) is 0.606. The summed E-state index contributed by atoms with van der Waals surface area (Å²) in [6.45, 7) is 6.86. The highest BCUT2D eigenvalue weighted by molar-refractivity contribution is 5.97. The molecule has 0 aliphatic heterocycles. The molecule has 1 N–H and O–H groups in total. The van der Waals surface area contributed by atoms with E-state index in [1.807, 2.05) is 18.9 Å². The summed E-state index contributed by atoms with van der Waals surface area (Å²) in [5.41, 5.74) is -0.0133. The summed E-state index contributed by atoms with van der Waals surface area (Å²) < 4.78 is 1.59. The first-order valence-electron chi connectivity index (χ1n) is 9.82. The van der Waals surface area contributed by atoms with Gasteiger partial charge in [0.05, 0.1) is 11.3 Å². The number of carbonyl (C=O) groups excluding carboxylic acids is 1. The largest absolute Gasteiger partial charge is 0.384 e. The van der Waals surface area contributed by atoms with Crippen molar-refractivity contribution in [1.29, 1.82) is 0 Å². The van der Waals surface area contributed by atoms with Crippen LogP contribution in [0.3, 0.4) is 0 Å². The fraction of sp³-hybridized carbons (Fsp3) is 0.381. The van der Waals surface area contributed by atoms with Crippen molar-refractivity contribution >= 4 is 11.9 Å². The van der Waals surface area contributed by atoms with Gasteiger partial charge >= 0.3 is 0 Å². The average Bonchev–Trinajstić information content (AvgIpc) is 3.28. The molecule has 9 heteroatoms. The molecule has 3 heterocycles. The number of rotatable bonds is 8. The van der Waals surface area contributed by atoms with Crippen LogP contribution in [-0.2, 0) is 5.60 Å². The zero-order valence-corrected chi connectivity index (χ0v) is 17.7. The fourth-order valence-corrected chi connectivity index (χ4v) is 2.96. The third-order valence-electron chi connectivity index (χ3n) is 4.72. The number of carbonyl (C=O) groups is 1. The summed E-state index contributed by atoms with van der Waals surface area (Å²) in [6.07, 6.45) is 6.68. The molecule has 0 spiro atoms. The molecule has 0 aliphatic rings. The molecule has 3 rings (SSSR count). The molecular weight excluding hydrogens is 382 g/mol. The molecule has 0 atom stereocenters. The van der Waals surface area contributed by atoms with Crippen LogP contribution < -0.4 is 4.90 Å². The Morgan fingerprint density at radius 1 is 1.13 bits per heavy atom. The van der Waals surface area contributed by atoms with Gasteiger partial charge < -0.3 is 14.9 Å². The third kappa shape index (κ3) is 4.80. The van der Waals surface area contributed by atoms with Crippen molar-refractivity contribution in [2.24, 2.45) is 0 Å². The van der Waals surface area contributed by atoms with Crippen molar-refractivity contribution in [3.8, 4) is 5.82 Å². The van der Waals surface area contributed by atoms with Gasteiger partial charge in [0.2, 0.25) is 5.95 Å². The summed E-state index contributed by atoms with van der Waals surface area (Å²) in [7, 11) is 1.86. The predicted molar refractivity (Wildman–Crippen MR) is 113 cm³/mol. The Kier molecular flexibility index (Phi) is 6.41. The Hall–Kier alpha value is -3.33. The highest BCUT2D eigenvalue weighted by Crippen LogP contribution is 2.19. The van der Waals surface area contributed by atoms with Gasteiger partial charge in [-0.1, -0.05) is 0 Å². The Balaban J connectivity index is 1.73. The number of aromatic nitrogens is 5. The molecule has 0 bridgehead atoms. The van der Waals surface area contributed by atoms with E-state index in [2.05, 4.69) is 20.1 Å². The van der Waals surface area contributed by atoms with Crippen LogP contribution in [0.4, 0.5) is 5.95 Å². The van der Waals surface area contributed by atoms with Crippen molar-refractivity contribution in [1.82, 2.24) is 29.6 Å². The van der Waals surface area contributed by atoms with Crippen LogP contribution >= 0.6 is 0 Å². The number of hydrogen-bond donors (Lipinski definition) is 1. The minimum absolute atomic E-state index is 0.115. The summed E-state index contributed by atoms with van der Waals surface area (Å²) in [5, 5.41) is 14.4. The third-order valence-corrected chi connectivity index (χ3v) is 4.72. The Morgan fingerprint density at radius 3 is 2.60 bits per heavy atom. The van der Waals surface area contributed by atoms with Gasteiger partial charge in [-0.15, -0.1) is 0 Å². The van der Waals surface area contributed by atoms with Crippen molar-refractivity contribution < 1.29 is 9.90 Å². The van der Waals surface area contributed by atoms with Gasteiger partial charge in [0.15, 0.2) is 5.82 Å². The molecule has 3 aromatic rings. The van der Waals surface area contributed by atoms with Crippen LogP contribution in [0.1, 0.15) is 36.8 Å². The lowest BCUT2D eigenvalue weighted by Gasteiger charge is -2.26. The zero-order valence-electron chi connectivity index (χ0n) is 17.7. The van der Waals surface area contributed by atoms with E-state index in [4.69, 9.17) is 0 Å². The second-order valence-electron chi connectivity index (χ2n) is 7.43. The van der Waals surface area contributed by atoms with E-state index in [-0.39, 0.29) is 5.91 Å². The average molecular weight is 409 g/mol. The fourth-order valence-electron chi connectivity index (χ4n) is 2.96. The van der Waals surface area contributed by atoms with Crippen molar-refractivity contribution in [3.63, 3.8) is 0 Å². The summed E-state index contributed by atoms with van der Waals surface area (Å²) in [6, 6.07) is 6.99. The van der Waals surface area contributed by atoms with Gasteiger partial charge in [0, 0.05) is 51.5 Å². The van der Waals surface area contributed by atoms with Gasteiger partial charge in [0.1, 0.15) is 5.60 Å². The smallest absolute Gasteiger partial charge is 0.257 e. The molecule has 0 unspecified atom stereocenters. The number of nitrogens with zero attached hydrogens (tertiary/aromatic N) is 7. The van der Waals surface area contributed by atoms with Crippen molar-refractivity contribution in [2.75, 3.05) is 31.6 Å². The molecule has 158 valence electrons. The maximum Gasteiger partial charge on any atom is 0.257 e. The van der Waals surface area contributed by atoms with E-state index in [1.165, 1.54) is 0 Å². The molecular formula is C21H27N7O2. The second-order valence-corrected chi connectivity index (χ2v) is 7.43. The molecule has 3 aromatic heterocycles. The lowest BCUT2D eigenvalue weighted by Crippen LogP contribution is -2.38. The van der Waals surface area contributed by atoms with Crippen molar-refractivity contribution in [2.45, 2.75) is 26.4 Å². The first-order chi connectivity index (χ1) is 14.3. The minimum atomic E-state index is -1.05. The van der Waals surface area contributed by atoms with E-state index in [0.29, 0.717) is 42.7 Å². The number of hydrogen-bond acceptors (Lipinski definition) is 7.